The Morgan fingerprint density at radius 1 is 1.12 bits per heavy atom. The number of sulfonamides is 1. The van der Waals surface area contributed by atoms with Crippen LogP contribution in [0.1, 0.15) is 30.4 Å². The van der Waals surface area contributed by atoms with E-state index in [0.29, 0.717) is 18.6 Å². The molecule has 0 aromatic heterocycles. The topological polar surface area (TPSA) is 114 Å². The molecule has 2 aromatic carbocycles. The Kier molecular flexibility index (Phi) is 7.33. The maximum Gasteiger partial charge on any atom is 0.241 e. The molecule has 4 rings (SSSR count). The minimum Gasteiger partial charge on any atom is -0.497 e. The Morgan fingerprint density at radius 3 is 2.52 bits per heavy atom. The number of benzene rings is 2. The highest BCUT2D eigenvalue weighted by atomic mass is 32.2. The van der Waals surface area contributed by atoms with E-state index < -0.39 is 22.2 Å². The molecule has 8 nitrogen and oxygen atoms in total. The van der Waals surface area contributed by atoms with Crippen LogP contribution in [-0.2, 0) is 32.4 Å². The van der Waals surface area contributed by atoms with Crippen molar-refractivity contribution >= 4 is 15.9 Å². The minimum absolute atomic E-state index is 0.0783. The summed E-state index contributed by atoms with van der Waals surface area (Å²) in [5.74, 6) is 0.345. The molecule has 0 unspecified atom stereocenters. The van der Waals surface area contributed by atoms with Gasteiger partial charge in [0.05, 0.1) is 43.3 Å². The van der Waals surface area contributed by atoms with Crippen LogP contribution in [0.3, 0.4) is 0 Å². The van der Waals surface area contributed by atoms with E-state index in [1.165, 1.54) is 30.4 Å². The van der Waals surface area contributed by atoms with Crippen molar-refractivity contribution in [2.75, 3.05) is 13.7 Å². The van der Waals surface area contributed by atoms with E-state index in [2.05, 4.69) is 22.2 Å². The van der Waals surface area contributed by atoms with Gasteiger partial charge in [-0.25, -0.2) is 13.1 Å². The van der Waals surface area contributed by atoms with E-state index in [-0.39, 0.29) is 36.0 Å². The zero-order chi connectivity index (χ0) is 23.4. The largest absolute Gasteiger partial charge is 0.497 e. The Hall–Kier alpha value is -2.46. The fourth-order valence-electron chi connectivity index (χ4n) is 4.61. The van der Waals surface area contributed by atoms with Crippen molar-refractivity contribution in [3.8, 4) is 5.75 Å². The third-order valence-electron chi connectivity index (χ3n) is 6.28. The van der Waals surface area contributed by atoms with Crippen molar-refractivity contribution in [3.63, 3.8) is 0 Å². The Balaban J connectivity index is 1.30. The third kappa shape index (κ3) is 5.73. The summed E-state index contributed by atoms with van der Waals surface area (Å²) in [6.07, 6.45) is 1.69. The van der Waals surface area contributed by atoms with Crippen molar-refractivity contribution in [3.05, 3.63) is 59.7 Å². The van der Waals surface area contributed by atoms with Gasteiger partial charge in [-0.05, 0) is 48.9 Å². The molecule has 9 heteroatoms. The summed E-state index contributed by atoms with van der Waals surface area (Å²) >= 11 is 0. The van der Waals surface area contributed by atoms with Crippen molar-refractivity contribution < 1.29 is 27.8 Å². The highest BCUT2D eigenvalue weighted by molar-refractivity contribution is 7.89. The van der Waals surface area contributed by atoms with Gasteiger partial charge in [0.15, 0.2) is 0 Å². The lowest BCUT2D eigenvalue weighted by molar-refractivity contribution is -0.131. The van der Waals surface area contributed by atoms with Crippen molar-refractivity contribution in [2.45, 2.75) is 61.3 Å². The maximum absolute atomic E-state index is 12.8. The zero-order valence-electron chi connectivity index (χ0n) is 18.6. The molecule has 1 aliphatic heterocycles. The van der Waals surface area contributed by atoms with Gasteiger partial charge < -0.3 is 19.9 Å². The summed E-state index contributed by atoms with van der Waals surface area (Å²) in [5, 5.41) is 12.9. The molecule has 0 bridgehead atoms. The van der Waals surface area contributed by atoms with E-state index >= 15 is 0 Å². The van der Waals surface area contributed by atoms with Gasteiger partial charge >= 0.3 is 0 Å². The minimum atomic E-state index is -3.82. The summed E-state index contributed by atoms with van der Waals surface area (Å²) in [4.78, 5) is 12.7. The van der Waals surface area contributed by atoms with E-state index in [1.807, 2.05) is 12.1 Å². The lowest BCUT2D eigenvalue weighted by Crippen LogP contribution is -2.51. The first-order valence-corrected chi connectivity index (χ1v) is 12.6. The average molecular weight is 475 g/mol. The van der Waals surface area contributed by atoms with Crippen LogP contribution < -0.4 is 14.8 Å². The lowest BCUT2D eigenvalue weighted by Gasteiger charge is -2.35. The third-order valence-corrected chi connectivity index (χ3v) is 7.77. The predicted molar refractivity (Wildman–Crippen MR) is 122 cm³/mol. The Labute approximate surface area is 194 Å². The second kappa shape index (κ2) is 10.2. The van der Waals surface area contributed by atoms with Gasteiger partial charge in [0.25, 0.3) is 0 Å². The van der Waals surface area contributed by atoms with Crippen molar-refractivity contribution in [1.29, 1.82) is 0 Å². The zero-order valence-corrected chi connectivity index (χ0v) is 19.4. The molecule has 3 N–H and O–H groups in total. The lowest BCUT2D eigenvalue weighted by atomic mass is 9.97. The van der Waals surface area contributed by atoms with E-state index in [1.54, 1.807) is 12.1 Å². The monoisotopic (exact) mass is 474 g/mol. The van der Waals surface area contributed by atoms with Gasteiger partial charge in [0.2, 0.25) is 15.9 Å². The normalized spacial score (nSPS) is 23.2. The number of carbonyl (C=O) groups excluding carboxylic acids is 1. The van der Waals surface area contributed by atoms with Crippen LogP contribution in [0, 0.1) is 0 Å². The van der Waals surface area contributed by atoms with Gasteiger partial charge in [-0.3, -0.25) is 4.79 Å². The van der Waals surface area contributed by atoms with E-state index in [9.17, 15) is 18.3 Å². The standard InChI is InChI=1S/C24H30N2O6S/c1-31-19-7-4-8-21(13-19)33(29,30)26-22-10-9-20(32-23(22)15-27)14-24(28)25-18-11-16-5-2-3-6-17(16)12-18/h2-8,13,18,20,22-23,26-27H,9-12,14-15H2,1H3,(H,25,28)/t20-,22+,23-/m0/s1. The summed E-state index contributed by atoms with van der Waals surface area (Å²) in [6, 6.07) is 13.9. The van der Waals surface area contributed by atoms with Gasteiger partial charge in [0.1, 0.15) is 5.75 Å². The van der Waals surface area contributed by atoms with Crippen molar-refractivity contribution in [2.24, 2.45) is 0 Å². The fraction of sp³-hybridized carbons (Fsp3) is 0.458. The molecule has 1 heterocycles. The molecule has 178 valence electrons. The fourth-order valence-corrected chi connectivity index (χ4v) is 5.94. The first-order chi connectivity index (χ1) is 15.9. The predicted octanol–water partition coefficient (Wildman–Crippen LogP) is 1.56. The number of hydrogen-bond acceptors (Lipinski definition) is 6. The smallest absolute Gasteiger partial charge is 0.241 e. The molecule has 2 aromatic rings. The number of rotatable bonds is 8. The van der Waals surface area contributed by atoms with Crippen LogP contribution in [0.4, 0.5) is 0 Å². The Bertz CT molecular complexity index is 1060. The number of amides is 1. The van der Waals surface area contributed by atoms with E-state index in [4.69, 9.17) is 9.47 Å². The van der Waals surface area contributed by atoms with Crippen molar-refractivity contribution in [1.82, 2.24) is 10.0 Å². The highest BCUT2D eigenvalue weighted by Crippen LogP contribution is 2.26. The second-order valence-electron chi connectivity index (χ2n) is 8.61. The molecule has 1 fully saturated rings. The molecular formula is C24H30N2O6S. The highest BCUT2D eigenvalue weighted by Gasteiger charge is 2.35. The molecule has 1 amide bonds. The SMILES string of the molecule is COc1cccc(S(=O)(=O)N[C@@H]2CC[C@@H](CC(=O)NC3Cc4ccccc4C3)O[C@H]2CO)c1. The molecular weight excluding hydrogens is 444 g/mol. The van der Waals surface area contributed by atoms with Crippen LogP contribution in [0.15, 0.2) is 53.4 Å². The quantitative estimate of drug-likeness (QED) is 0.535. The van der Waals surface area contributed by atoms with Gasteiger partial charge in [-0.2, -0.15) is 0 Å². The number of fused-ring (bicyclic) bond motifs is 1. The molecule has 1 saturated heterocycles. The summed E-state index contributed by atoms with van der Waals surface area (Å²) in [5.41, 5.74) is 2.53. The number of aliphatic hydroxyl groups excluding tert-OH is 1. The van der Waals surface area contributed by atoms with Crippen LogP contribution in [0.2, 0.25) is 0 Å². The number of hydrogen-bond donors (Lipinski definition) is 3. The molecule has 0 spiro atoms. The molecule has 33 heavy (non-hydrogen) atoms. The number of ether oxygens (including phenoxy) is 2. The number of nitrogens with one attached hydrogen (secondary N) is 2. The number of aliphatic hydroxyl groups is 1. The van der Waals surface area contributed by atoms with Crippen LogP contribution in [-0.4, -0.2) is 57.4 Å². The van der Waals surface area contributed by atoms with Gasteiger partial charge in [0, 0.05) is 12.1 Å². The van der Waals surface area contributed by atoms with Gasteiger partial charge in [-0.15, -0.1) is 0 Å². The first kappa shape index (κ1) is 23.7. The summed E-state index contributed by atoms with van der Waals surface area (Å²) in [7, 11) is -2.35. The molecule has 3 atom stereocenters. The maximum atomic E-state index is 12.8. The molecule has 0 radical (unpaired) electrons. The molecule has 1 aliphatic carbocycles. The van der Waals surface area contributed by atoms with Crippen LogP contribution >= 0.6 is 0 Å². The summed E-state index contributed by atoms with van der Waals surface area (Å²) in [6.45, 7) is -0.346. The Morgan fingerprint density at radius 2 is 1.85 bits per heavy atom. The van der Waals surface area contributed by atoms with Crippen LogP contribution in [0.25, 0.3) is 0 Å². The van der Waals surface area contributed by atoms with Crippen LogP contribution in [0.5, 0.6) is 5.75 Å². The number of carbonyl (C=O) groups is 1. The second-order valence-corrected chi connectivity index (χ2v) is 10.3. The van der Waals surface area contributed by atoms with E-state index in [0.717, 1.165) is 12.8 Å². The van der Waals surface area contributed by atoms with Gasteiger partial charge in [-0.1, -0.05) is 30.3 Å². The molecule has 0 saturated carbocycles. The first-order valence-electron chi connectivity index (χ1n) is 11.2. The average Bonchev–Trinajstić information content (AvgIpc) is 3.22. The summed E-state index contributed by atoms with van der Waals surface area (Å²) < 4.78 is 39.3. The molecule has 2 aliphatic rings. The number of methoxy groups -OCH3 is 1.